The lowest BCUT2D eigenvalue weighted by atomic mass is 10.0. The van der Waals surface area contributed by atoms with Crippen LogP contribution >= 0.6 is 0 Å². The van der Waals surface area contributed by atoms with Crippen LogP contribution in [0.3, 0.4) is 0 Å². The fraction of sp³-hybridized carbons (Fsp3) is 0.143. The third-order valence-corrected chi connectivity index (χ3v) is 5.21. The minimum Gasteiger partial charge on any atom is -0.283 e. The monoisotopic (exact) mass is 351 g/mol. The van der Waals surface area contributed by atoms with Crippen molar-refractivity contribution >= 4 is 15.7 Å². The molecule has 0 bridgehead atoms. The smallest absolute Gasteiger partial charge is 0.236 e. The predicted octanol–water partition coefficient (Wildman–Crippen LogP) is 4.41. The quantitative estimate of drug-likeness (QED) is 0.685. The Morgan fingerprint density at radius 3 is 1.88 bits per heavy atom. The average Bonchev–Trinajstić information content (AvgIpc) is 2.61. The Balaban J connectivity index is 1.65. The van der Waals surface area contributed by atoms with Gasteiger partial charge < -0.3 is 0 Å². The molecule has 0 aromatic heterocycles. The van der Waals surface area contributed by atoms with Crippen molar-refractivity contribution in [2.75, 3.05) is 4.72 Å². The molecule has 25 heavy (non-hydrogen) atoms. The third-order valence-electron chi connectivity index (χ3n) is 3.95. The Labute approximate surface area is 149 Å². The largest absolute Gasteiger partial charge is 0.283 e. The molecule has 0 radical (unpaired) electrons. The zero-order valence-corrected chi connectivity index (χ0v) is 14.7. The fourth-order valence-corrected chi connectivity index (χ4v) is 3.92. The van der Waals surface area contributed by atoms with Gasteiger partial charge in [-0.2, -0.15) is 0 Å². The maximum Gasteiger partial charge on any atom is 0.236 e. The van der Waals surface area contributed by atoms with Crippen LogP contribution in [0.15, 0.2) is 84.9 Å². The van der Waals surface area contributed by atoms with E-state index in [0.717, 1.165) is 24.0 Å². The third kappa shape index (κ3) is 5.47. The van der Waals surface area contributed by atoms with Crippen molar-refractivity contribution in [3.05, 3.63) is 102 Å². The van der Waals surface area contributed by atoms with Crippen molar-refractivity contribution in [3.63, 3.8) is 0 Å². The first-order valence-electron chi connectivity index (χ1n) is 8.28. The van der Waals surface area contributed by atoms with Crippen LogP contribution in [-0.2, 0) is 28.6 Å². The van der Waals surface area contributed by atoms with E-state index in [1.54, 1.807) is 6.07 Å². The molecule has 0 unspecified atom stereocenters. The minimum absolute atomic E-state index is 0.0257. The maximum atomic E-state index is 12.3. The van der Waals surface area contributed by atoms with Crippen LogP contribution in [0.1, 0.15) is 16.7 Å². The van der Waals surface area contributed by atoms with Gasteiger partial charge in [-0.25, -0.2) is 8.42 Å². The van der Waals surface area contributed by atoms with Gasteiger partial charge >= 0.3 is 0 Å². The molecule has 3 rings (SSSR count). The number of sulfonamides is 1. The Morgan fingerprint density at radius 2 is 1.20 bits per heavy atom. The standard InChI is InChI=1S/C21H21NO2S/c23-25(24,17-20-10-5-2-6-11-20)22-21-13-7-12-19(16-21)15-14-18-8-3-1-4-9-18/h1-13,16,22H,14-15,17H2. The van der Waals surface area contributed by atoms with Gasteiger partial charge in [0.1, 0.15) is 0 Å². The normalized spacial score (nSPS) is 11.2. The second-order valence-electron chi connectivity index (χ2n) is 6.03. The van der Waals surface area contributed by atoms with Crippen LogP contribution in [0.25, 0.3) is 0 Å². The van der Waals surface area contributed by atoms with E-state index in [-0.39, 0.29) is 5.75 Å². The first-order chi connectivity index (χ1) is 12.1. The van der Waals surface area contributed by atoms with E-state index in [4.69, 9.17) is 0 Å². The first-order valence-corrected chi connectivity index (χ1v) is 9.93. The number of hydrogen-bond donors (Lipinski definition) is 1. The maximum absolute atomic E-state index is 12.3. The summed E-state index contributed by atoms with van der Waals surface area (Å²) in [6.07, 6.45) is 1.80. The van der Waals surface area contributed by atoms with Crippen molar-refractivity contribution in [1.82, 2.24) is 0 Å². The molecule has 4 heteroatoms. The number of hydrogen-bond acceptors (Lipinski definition) is 2. The van der Waals surface area contributed by atoms with Gasteiger partial charge in [-0.3, -0.25) is 4.72 Å². The number of rotatable bonds is 7. The van der Waals surface area contributed by atoms with Crippen LogP contribution in [0.4, 0.5) is 5.69 Å². The molecule has 0 saturated carbocycles. The molecule has 0 heterocycles. The van der Waals surface area contributed by atoms with E-state index in [2.05, 4.69) is 16.9 Å². The highest BCUT2D eigenvalue weighted by atomic mass is 32.2. The van der Waals surface area contributed by atoms with Crippen LogP contribution < -0.4 is 4.72 Å². The summed E-state index contributed by atoms with van der Waals surface area (Å²) in [7, 11) is -3.42. The molecule has 0 amide bonds. The molecule has 0 fully saturated rings. The molecule has 3 aromatic rings. The van der Waals surface area contributed by atoms with Gasteiger partial charge in [-0.15, -0.1) is 0 Å². The Hall–Kier alpha value is -2.59. The van der Waals surface area contributed by atoms with Crippen LogP contribution in [0, 0.1) is 0 Å². The number of nitrogens with one attached hydrogen (secondary N) is 1. The van der Waals surface area contributed by atoms with E-state index in [9.17, 15) is 8.42 Å². The summed E-state index contributed by atoms with van der Waals surface area (Å²) in [4.78, 5) is 0. The predicted molar refractivity (Wildman–Crippen MR) is 103 cm³/mol. The second kappa shape index (κ2) is 7.99. The van der Waals surface area contributed by atoms with Crippen molar-refractivity contribution in [1.29, 1.82) is 0 Å². The second-order valence-corrected chi connectivity index (χ2v) is 7.76. The fourth-order valence-electron chi connectivity index (χ4n) is 2.73. The SMILES string of the molecule is O=S(=O)(Cc1ccccc1)Nc1cccc(CCc2ccccc2)c1. The Morgan fingerprint density at radius 1 is 0.640 bits per heavy atom. The van der Waals surface area contributed by atoms with Crippen LogP contribution in [0.2, 0.25) is 0 Å². The highest BCUT2D eigenvalue weighted by molar-refractivity contribution is 7.91. The van der Waals surface area contributed by atoms with E-state index < -0.39 is 10.0 Å². The van der Waals surface area contributed by atoms with Gasteiger partial charge in [0.2, 0.25) is 10.0 Å². The van der Waals surface area contributed by atoms with Crippen LogP contribution in [-0.4, -0.2) is 8.42 Å². The van der Waals surface area contributed by atoms with E-state index in [1.807, 2.05) is 66.7 Å². The van der Waals surface area contributed by atoms with Gasteiger partial charge in [0.05, 0.1) is 5.75 Å². The zero-order chi connectivity index (χ0) is 17.5. The summed E-state index contributed by atoms with van der Waals surface area (Å²) < 4.78 is 27.4. The zero-order valence-electron chi connectivity index (χ0n) is 13.9. The van der Waals surface area contributed by atoms with Crippen molar-refractivity contribution in [3.8, 4) is 0 Å². The summed E-state index contributed by atoms with van der Waals surface area (Å²) in [5.41, 5.74) is 3.78. The molecular weight excluding hydrogens is 330 g/mol. The highest BCUT2D eigenvalue weighted by Crippen LogP contribution is 2.16. The lowest BCUT2D eigenvalue weighted by Crippen LogP contribution is -2.15. The minimum atomic E-state index is -3.42. The van der Waals surface area contributed by atoms with Gasteiger partial charge in [-0.05, 0) is 41.7 Å². The number of benzene rings is 3. The summed E-state index contributed by atoms with van der Waals surface area (Å²) in [6, 6.07) is 27.1. The van der Waals surface area contributed by atoms with Crippen molar-refractivity contribution < 1.29 is 8.42 Å². The van der Waals surface area contributed by atoms with Gasteiger partial charge in [0.25, 0.3) is 0 Å². The van der Waals surface area contributed by atoms with Gasteiger partial charge in [-0.1, -0.05) is 72.8 Å². The lowest BCUT2D eigenvalue weighted by Gasteiger charge is -2.10. The molecule has 0 atom stereocenters. The van der Waals surface area contributed by atoms with Crippen molar-refractivity contribution in [2.24, 2.45) is 0 Å². The van der Waals surface area contributed by atoms with Gasteiger partial charge in [0.15, 0.2) is 0 Å². The van der Waals surface area contributed by atoms with Crippen LogP contribution in [0.5, 0.6) is 0 Å². The highest BCUT2D eigenvalue weighted by Gasteiger charge is 2.11. The molecule has 1 N–H and O–H groups in total. The Bertz CT molecular complexity index is 907. The lowest BCUT2D eigenvalue weighted by molar-refractivity contribution is 0.600. The van der Waals surface area contributed by atoms with Crippen molar-refractivity contribution in [2.45, 2.75) is 18.6 Å². The number of anilines is 1. The molecule has 3 nitrogen and oxygen atoms in total. The molecule has 0 aliphatic carbocycles. The average molecular weight is 351 g/mol. The van der Waals surface area contributed by atoms with E-state index in [0.29, 0.717) is 5.69 Å². The molecule has 128 valence electrons. The Kier molecular flexibility index (Phi) is 5.51. The number of aryl methyl sites for hydroxylation is 2. The molecule has 0 aliphatic heterocycles. The van der Waals surface area contributed by atoms with E-state index >= 15 is 0 Å². The molecule has 0 saturated heterocycles. The van der Waals surface area contributed by atoms with Gasteiger partial charge in [0, 0.05) is 5.69 Å². The molecule has 0 spiro atoms. The summed E-state index contributed by atoms with van der Waals surface area (Å²) in [5.74, 6) is -0.0257. The topological polar surface area (TPSA) is 46.2 Å². The molecule has 0 aliphatic rings. The summed E-state index contributed by atoms with van der Waals surface area (Å²) in [6.45, 7) is 0. The summed E-state index contributed by atoms with van der Waals surface area (Å²) >= 11 is 0. The molecule has 3 aromatic carbocycles. The summed E-state index contributed by atoms with van der Waals surface area (Å²) in [5, 5.41) is 0. The van der Waals surface area contributed by atoms with E-state index in [1.165, 1.54) is 5.56 Å². The molecular formula is C21H21NO2S. The first kappa shape index (κ1) is 17.2.